The summed E-state index contributed by atoms with van der Waals surface area (Å²) < 4.78 is 16.5. The van der Waals surface area contributed by atoms with E-state index in [4.69, 9.17) is 4.74 Å². The fraction of sp³-hybridized carbons (Fsp3) is 0.923. The van der Waals surface area contributed by atoms with Crippen LogP contribution in [0.4, 0.5) is 4.53 Å². The molecule has 0 saturated carbocycles. The second-order valence-corrected chi connectivity index (χ2v) is 4.29. The Hall–Kier alpha value is -0.640. The number of hydrogen-bond donors (Lipinski definition) is 0. The standard InChI is InChI=1S/C13H25FO3/c1-2-3-4-5-6-7-8-9-11-16-12-10-13(15)17-14/h2-12H2,1H3. The monoisotopic (exact) mass is 248 g/mol. The molecule has 0 bridgehead atoms. The molecule has 0 radical (unpaired) electrons. The number of ether oxygens (including phenoxy) is 1. The highest BCUT2D eigenvalue weighted by Crippen LogP contribution is 2.08. The van der Waals surface area contributed by atoms with Crippen LogP contribution in [0.25, 0.3) is 0 Å². The van der Waals surface area contributed by atoms with Crippen LogP contribution in [0.5, 0.6) is 0 Å². The largest absolute Gasteiger partial charge is 0.381 e. The smallest absolute Gasteiger partial charge is 0.351 e. The van der Waals surface area contributed by atoms with Crippen molar-refractivity contribution in [3.63, 3.8) is 0 Å². The van der Waals surface area contributed by atoms with Gasteiger partial charge in [-0.1, -0.05) is 51.9 Å². The number of carbonyl (C=O) groups excluding carboxylic acids is 1. The molecule has 0 atom stereocenters. The first kappa shape index (κ1) is 16.4. The van der Waals surface area contributed by atoms with Crippen molar-refractivity contribution in [3.05, 3.63) is 0 Å². The van der Waals surface area contributed by atoms with Gasteiger partial charge in [-0.15, -0.1) is 0 Å². The molecule has 3 nitrogen and oxygen atoms in total. The molecule has 0 aliphatic carbocycles. The first-order valence-electron chi connectivity index (χ1n) is 6.70. The maximum Gasteiger partial charge on any atom is 0.351 e. The van der Waals surface area contributed by atoms with Crippen molar-refractivity contribution in [2.24, 2.45) is 0 Å². The number of hydrogen-bond acceptors (Lipinski definition) is 3. The zero-order valence-electron chi connectivity index (χ0n) is 10.9. The summed E-state index contributed by atoms with van der Waals surface area (Å²) >= 11 is 0. The van der Waals surface area contributed by atoms with E-state index in [1.807, 2.05) is 0 Å². The average Bonchev–Trinajstić information content (AvgIpc) is 2.35. The Labute approximate surface area is 104 Å². The molecule has 0 aromatic heterocycles. The zero-order chi connectivity index (χ0) is 12.8. The molecule has 0 fully saturated rings. The fourth-order valence-corrected chi connectivity index (χ4v) is 1.63. The first-order chi connectivity index (χ1) is 8.31. The minimum Gasteiger partial charge on any atom is -0.381 e. The average molecular weight is 248 g/mol. The van der Waals surface area contributed by atoms with Crippen molar-refractivity contribution in [1.29, 1.82) is 0 Å². The van der Waals surface area contributed by atoms with Gasteiger partial charge in [-0.05, 0) is 6.42 Å². The summed E-state index contributed by atoms with van der Waals surface area (Å²) in [4.78, 5) is 13.4. The lowest BCUT2D eigenvalue weighted by atomic mass is 10.1. The number of unbranched alkanes of at least 4 members (excludes halogenated alkanes) is 7. The van der Waals surface area contributed by atoms with Crippen molar-refractivity contribution in [2.45, 2.75) is 64.7 Å². The van der Waals surface area contributed by atoms with Gasteiger partial charge in [-0.25, -0.2) is 4.79 Å². The van der Waals surface area contributed by atoms with Gasteiger partial charge in [0.25, 0.3) is 0 Å². The van der Waals surface area contributed by atoms with E-state index < -0.39 is 5.97 Å². The highest BCUT2D eigenvalue weighted by molar-refractivity contribution is 5.68. The molecular weight excluding hydrogens is 223 g/mol. The van der Waals surface area contributed by atoms with E-state index in [0.717, 1.165) is 6.42 Å². The molecule has 0 heterocycles. The van der Waals surface area contributed by atoms with Gasteiger partial charge >= 0.3 is 5.97 Å². The van der Waals surface area contributed by atoms with Crippen molar-refractivity contribution in [3.8, 4) is 0 Å². The molecule has 0 amide bonds. The Bertz CT molecular complexity index is 174. The van der Waals surface area contributed by atoms with Crippen LogP contribution in [0, 0.1) is 0 Å². The molecule has 0 N–H and O–H groups in total. The van der Waals surface area contributed by atoms with E-state index in [9.17, 15) is 9.32 Å². The molecule has 0 unspecified atom stereocenters. The van der Waals surface area contributed by atoms with Crippen molar-refractivity contribution < 1.29 is 19.0 Å². The second kappa shape index (κ2) is 13.4. The summed E-state index contributed by atoms with van der Waals surface area (Å²) in [7, 11) is 0. The first-order valence-corrected chi connectivity index (χ1v) is 6.70. The van der Waals surface area contributed by atoms with E-state index in [-0.39, 0.29) is 13.0 Å². The highest BCUT2D eigenvalue weighted by atomic mass is 19.3. The summed E-state index contributed by atoms with van der Waals surface area (Å²) in [6.07, 6.45) is 10.0. The van der Waals surface area contributed by atoms with Crippen molar-refractivity contribution in [2.75, 3.05) is 13.2 Å². The Morgan fingerprint density at radius 1 is 0.941 bits per heavy atom. The molecule has 0 aromatic carbocycles. The summed E-state index contributed by atoms with van der Waals surface area (Å²) in [6, 6.07) is 0. The lowest BCUT2D eigenvalue weighted by Gasteiger charge is -2.03. The molecule has 0 spiro atoms. The zero-order valence-corrected chi connectivity index (χ0v) is 10.9. The van der Waals surface area contributed by atoms with Gasteiger partial charge in [-0.3, -0.25) is 4.94 Å². The number of halogens is 1. The van der Waals surface area contributed by atoms with Crippen molar-refractivity contribution >= 4 is 5.97 Å². The van der Waals surface area contributed by atoms with Gasteiger partial charge in [0, 0.05) is 11.1 Å². The Morgan fingerprint density at radius 2 is 1.53 bits per heavy atom. The molecule has 0 saturated heterocycles. The molecule has 102 valence electrons. The number of carbonyl (C=O) groups is 1. The summed E-state index contributed by atoms with van der Waals surface area (Å²) in [5.41, 5.74) is 0. The second-order valence-electron chi connectivity index (χ2n) is 4.29. The highest BCUT2D eigenvalue weighted by Gasteiger charge is 2.01. The fourth-order valence-electron chi connectivity index (χ4n) is 1.63. The normalized spacial score (nSPS) is 10.5. The van der Waals surface area contributed by atoms with Gasteiger partial charge in [0.2, 0.25) is 0 Å². The van der Waals surface area contributed by atoms with Crippen LogP contribution in [-0.4, -0.2) is 19.2 Å². The molecule has 4 heteroatoms. The van der Waals surface area contributed by atoms with Crippen LogP contribution < -0.4 is 0 Å². The topological polar surface area (TPSA) is 35.5 Å². The SMILES string of the molecule is CCCCCCCCCCOCCC(=O)OF. The van der Waals surface area contributed by atoms with Crippen LogP contribution in [0.15, 0.2) is 0 Å². The lowest BCUT2D eigenvalue weighted by Crippen LogP contribution is -2.04. The maximum atomic E-state index is 11.3. The van der Waals surface area contributed by atoms with E-state index in [0.29, 0.717) is 6.61 Å². The molecule has 0 aromatic rings. The van der Waals surface area contributed by atoms with Gasteiger partial charge in [0.1, 0.15) is 0 Å². The van der Waals surface area contributed by atoms with Crippen LogP contribution in [-0.2, 0) is 14.5 Å². The Balaban J connectivity index is 2.96. The van der Waals surface area contributed by atoms with Crippen LogP contribution in [0.2, 0.25) is 0 Å². The summed E-state index contributed by atoms with van der Waals surface area (Å²) in [5.74, 6) is -0.860. The van der Waals surface area contributed by atoms with E-state index in [2.05, 4.69) is 11.9 Å². The molecule has 0 rings (SSSR count). The van der Waals surface area contributed by atoms with E-state index in [1.54, 1.807) is 0 Å². The number of rotatable bonds is 12. The van der Waals surface area contributed by atoms with Crippen LogP contribution in [0.3, 0.4) is 0 Å². The van der Waals surface area contributed by atoms with Crippen LogP contribution in [0.1, 0.15) is 64.7 Å². The molecular formula is C13H25FO3. The Kier molecular flexibility index (Phi) is 12.9. The lowest BCUT2D eigenvalue weighted by molar-refractivity contribution is -0.184. The summed E-state index contributed by atoms with van der Waals surface area (Å²) in [5, 5.41) is 0. The quantitative estimate of drug-likeness (QED) is 0.490. The third kappa shape index (κ3) is 13.3. The maximum absolute atomic E-state index is 11.3. The third-order valence-corrected chi connectivity index (χ3v) is 2.68. The minimum absolute atomic E-state index is 0.00643. The van der Waals surface area contributed by atoms with Gasteiger partial charge in [0.05, 0.1) is 13.0 Å². The molecule has 0 aliphatic heterocycles. The predicted molar refractivity (Wildman–Crippen MR) is 65.2 cm³/mol. The predicted octanol–water partition coefficient (Wildman–Crippen LogP) is 3.96. The third-order valence-electron chi connectivity index (χ3n) is 2.68. The van der Waals surface area contributed by atoms with Gasteiger partial charge < -0.3 is 4.74 Å². The molecule has 0 aliphatic rings. The van der Waals surface area contributed by atoms with Crippen LogP contribution >= 0.6 is 0 Å². The van der Waals surface area contributed by atoms with Gasteiger partial charge in [-0.2, -0.15) is 0 Å². The van der Waals surface area contributed by atoms with Gasteiger partial charge in [0.15, 0.2) is 0 Å². The minimum atomic E-state index is -0.860. The summed E-state index contributed by atoms with van der Waals surface area (Å²) in [6.45, 7) is 3.11. The van der Waals surface area contributed by atoms with E-state index in [1.165, 1.54) is 44.9 Å². The Morgan fingerprint density at radius 3 is 2.12 bits per heavy atom. The van der Waals surface area contributed by atoms with Crippen molar-refractivity contribution in [1.82, 2.24) is 0 Å². The molecule has 17 heavy (non-hydrogen) atoms. The van der Waals surface area contributed by atoms with E-state index >= 15 is 0 Å².